The van der Waals surface area contributed by atoms with E-state index in [1.165, 1.54) is 11.3 Å². The summed E-state index contributed by atoms with van der Waals surface area (Å²) in [5.41, 5.74) is 4.66. The molecule has 0 spiro atoms. The van der Waals surface area contributed by atoms with Crippen LogP contribution in [0.25, 0.3) is 0 Å². The number of amidine groups is 1. The summed E-state index contributed by atoms with van der Waals surface area (Å²) < 4.78 is 4.09. The lowest BCUT2D eigenvalue weighted by atomic mass is 9.95. The lowest BCUT2D eigenvalue weighted by Crippen LogP contribution is -2.35. The fourth-order valence-corrected chi connectivity index (χ4v) is 5.76. The lowest BCUT2D eigenvalue weighted by Gasteiger charge is -2.31. The monoisotopic (exact) mass is 393 g/mol. The molecule has 0 saturated carbocycles. The molecule has 5 rings (SSSR count). The lowest BCUT2D eigenvalue weighted by molar-refractivity contribution is 0.254. The summed E-state index contributed by atoms with van der Waals surface area (Å²) in [6.07, 6.45) is 6.44. The molecule has 0 unspecified atom stereocenters. The van der Waals surface area contributed by atoms with Crippen molar-refractivity contribution in [1.82, 2.24) is 29.4 Å². The van der Waals surface area contributed by atoms with Crippen molar-refractivity contribution in [3.05, 3.63) is 65.8 Å². The number of aryl methyl sites for hydroxylation is 1. The van der Waals surface area contributed by atoms with E-state index in [1.807, 2.05) is 34.8 Å². The average molecular weight is 394 g/mol. The van der Waals surface area contributed by atoms with Gasteiger partial charge in [-0.3, -0.25) is 14.7 Å². The largest absolute Gasteiger partial charge is 0.338 e. The number of fused-ring (bicyclic) bond motifs is 1. The zero-order valence-electron chi connectivity index (χ0n) is 16.2. The molecule has 3 atom stereocenters. The zero-order chi connectivity index (χ0) is 19.3. The number of aliphatic imine (C=N–C) groups is 1. The van der Waals surface area contributed by atoms with E-state index in [2.05, 4.69) is 57.7 Å². The number of thioether (sulfide) groups is 1. The maximum absolute atomic E-state index is 5.12. The van der Waals surface area contributed by atoms with Gasteiger partial charge < -0.3 is 4.90 Å². The first-order valence-corrected chi connectivity index (χ1v) is 10.6. The number of rotatable bonds is 4. The Morgan fingerprint density at radius 1 is 1.18 bits per heavy atom. The third-order valence-corrected chi connectivity index (χ3v) is 6.85. The molecule has 28 heavy (non-hydrogen) atoms. The van der Waals surface area contributed by atoms with Crippen LogP contribution in [-0.2, 0) is 0 Å². The predicted octanol–water partition coefficient (Wildman–Crippen LogP) is 3.38. The van der Waals surface area contributed by atoms with E-state index < -0.39 is 0 Å². The van der Waals surface area contributed by atoms with E-state index in [1.54, 1.807) is 12.7 Å². The molecule has 2 aliphatic heterocycles. The van der Waals surface area contributed by atoms with E-state index in [-0.39, 0.29) is 12.1 Å². The van der Waals surface area contributed by atoms with Gasteiger partial charge in [-0.25, -0.2) is 4.68 Å². The van der Waals surface area contributed by atoms with Crippen LogP contribution < -0.4 is 0 Å². The van der Waals surface area contributed by atoms with Crippen LogP contribution in [0.2, 0.25) is 0 Å². The van der Waals surface area contributed by atoms with Crippen LogP contribution in [0.15, 0.2) is 48.1 Å². The Morgan fingerprint density at radius 2 is 2.00 bits per heavy atom. The van der Waals surface area contributed by atoms with Crippen molar-refractivity contribution in [2.24, 2.45) is 4.99 Å². The fourth-order valence-electron chi connectivity index (χ4n) is 4.42. The molecule has 0 N–H and O–H groups in total. The molecule has 0 aliphatic carbocycles. The Kier molecular flexibility index (Phi) is 4.23. The van der Waals surface area contributed by atoms with Crippen molar-refractivity contribution in [2.75, 3.05) is 5.75 Å². The summed E-state index contributed by atoms with van der Waals surface area (Å²) >= 11 is 1.87. The maximum atomic E-state index is 5.12. The highest BCUT2D eigenvalue weighted by Gasteiger charge is 2.46. The molecule has 0 radical (unpaired) electrons. The van der Waals surface area contributed by atoms with Crippen molar-refractivity contribution in [2.45, 2.75) is 45.3 Å². The van der Waals surface area contributed by atoms with E-state index in [9.17, 15) is 0 Å². The van der Waals surface area contributed by atoms with Crippen LogP contribution >= 0.6 is 11.8 Å². The molecule has 0 aromatic carbocycles. The van der Waals surface area contributed by atoms with Gasteiger partial charge in [0.25, 0.3) is 0 Å². The normalized spacial score (nSPS) is 23.9. The molecular formula is C20H23N7S. The zero-order valence-corrected chi connectivity index (χ0v) is 17.0. The quantitative estimate of drug-likeness (QED) is 0.680. The third kappa shape index (κ3) is 2.58. The number of aromatic nitrogens is 5. The van der Waals surface area contributed by atoms with E-state index in [0.29, 0.717) is 6.04 Å². The molecule has 0 bridgehead atoms. The summed E-state index contributed by atoms with van der Waals surface area (Å²) in [4.78, 5) is 12.3. The Bertz CT molecular complexity index is 1010. The molecule has 8 heteroatoms. The van der Waals surface area contributed by atoms with Crippen molar-refractivity contribution in [3.63, 3.8) is 0 Å². The smallest absolute Gasteiger partial charge is 0.160 e. The first-order chi connectivity index (χ1) is 13.7. The minimum absolute atomic E-state index is 0.00733. The van der Waals surface area contributed by atoms with Crippen molar-refractivity contribution in [1.29, 1.82) is 0 Å². The van der Waals surface area contributed by atoms with Crippen molar-refractivity contribution >= 4 is 16.9 Å². The van der Waals surface area contributed by atoms with Crippen molar-refractivity contribution < 1.29 is 0 Å². The SMILES string of the molecule is CC[C@H]1CSC2=N[C@H](c3ccccn3)[C@@H](c3cc(C)n(-n4cnnc4)c3C)N21. The summed E-state index contributed by atoms with van der Waals surface area (Å²) in [6, 6.07) is 9.05. The first-order valence-electron chi connectivity index (χ1n) is 9.63. The molecule has 1 saturated heterocycles. The Hall–Kier alpha value is -2.61. The summed E-state index contributed by atoms with van der Waals surface area (Å²) in [5.74, 6) is 1.10. The van der Waals surface area contributed by atoms with Crippen LogP contribution in [0.3, 0.4) is 0 Å². The standard InChI is InChI=1S/C20H23N7S/c1-4-15-10-28-20-24-18(17-7-5-6-8-21-17)19(26(15)20)16-9-13(2)27(14(16)3)25-11-22-23-12-25/h5-9,11-12,15,18-19H,4,10H2,1-3H3/t15-,18+,19+/m0/s1. The van der Waals surface area contributed by atoms with E-state index >= 15 is 0 Å². The second-order valence-electron chi connectivity index (χ2n) is 7.32. The topological polar surface area (TPSA) is 64.1 Å². The first kappa shape index (κ1) is 17.5. The predicted molar refractivity (Wildman–Crippen MR) is 110 cm³/mol. The molecule has 144 valence electrons. The highest BCUT2D eigenvalue weighted by molar-refractivity contribution is 8.14. The average Bonchev–Trinajstić information content (AvgIpc) is 3.47. The van der Waals surface area contributed by atoms with Gasteiger partial charge in [-0.1, -0.05) is 24.8 Å². The number of hydrogen-bond donors (Lipinski definition) is 0. The molecule has 3 aromatic heterocycles. The second kappa shape index (κ2) is 6.77. The van der Waals surface area contributed by atoms with Gasteiger partial charge in [0, 0.05) is 34.9 Å². The van der Waals surface area contributed by atoms with Gasteiger partial charge in [0.2, 0.25) is 0 Å². The van der Waals surface area contributed by atoms with Gasteiger partial charge in [-0.05, 0) is 38.5 Å². The Balaban J connectivity index is 1.65. The second-order valence-corrected chi connectivity index (χ2v) is 8.30. The third-order valence-electron chi connectivity index (χ3n) is 5.72. The van der Waals surface area contributed by atoms with Crippen LogP contribution in [0, 0.1) is 13.8 Å². The van der Waals surface area contributed by atoms with Crippen molar-refractivity contribution in [3.8, 4) is 0 Å². The highest BCUT2D eigenvalue weighted by Crippen LogP contribution is 2.49. The van der Waals surface area contributed by atoms with Crippen LogP contribution in [-0.4, -0.2) is 46.4 Å². The molecule has 3 aromatic rings. The molecular weight excluding hydrogens is 370 g/mol. The van der Waals surface area contributed by atoms with Gasteiger partial charge >= 0.3 is 0 Å². The minimum Gasteiger partial charge on any atom is -0.338 e. The van der Waals surface area contributed by atoms with Gasteiger partial charge in [0.15, 0.2) is 5.17 Å². The van der Waals surface area contributed by atoms with Crippen LogP contribution in [0.1, 0.15) is 48.1 Å². The number of hydrogen-bond acceptors (Lipinski definition) is 6. The van der Waals surface area contributed by atoms with E-state index in [0.717, 1.165) is 28.7 Å². The highest BCUT2D eigenvalue weighted by atomic mass is 32.2. The van der Waals surface area contributed by atoms with Crippen LogP contribution in [0.5, 0.6) is 0 Å². The Labute approximate surface area is 168 Å². The van der Waals surface area contributed by atoms with Gasteiger partial charge in [-0.2, -0.15) is 0 Å². The summed E-state index contributed by atoms with van der Waals surface area (Å²) in [7, 11) is 0. The summed E-state index contributed by atoms with van der Waals surface area (Å²) in [5, 5.41) is 9.10. The fraction of sp³-hybridized carbons (Fsp3) is 0.400. The Morgan fingerprint density at radius 3 is 2.71 bits per heavy atom. The molecule has 7 nitrogen and oxygen atoms in total. The molecule has 0 amide bonds. The van der Waals surface area contributed by atoms with Crippen LogP contribution in [0.4, 0.5) is 0 Å². The van der Waals surface area contributed by atoms with Gasteiger partial charge in [0.05, 0.1) is 11.7 Å². The number of nitrogens with zero attached hydrogens (tertiary/aromatic N) is 7. The number of pyridine rings is 1. The molecule has 5 heterocycles. The van der Waals surface area contributed by atoms with Gasteiger partial charge in [0.1, 0.15) is 18.7 Å². The van der Waals surface area contributed by atoms with Gasteiger partial charge in [-0.15, -0.1) is 10.2 Å². The van der Waals surface area contributed by atoms with E-state index in [4.69, 9.17) is 4.99 Å². The maximum Gasteiger partial charge on any atom is 0.160 e. The molecule has 1 fully saturated rings. The molecule has 2 aliphatic rings. The summed E-state index contributed by atoms with van der Waals surface area (Å²) in [6.45, 7) is 6.55. The minimum atomic E-state index is 0.00733.